The van der Waals surface area contributed by atoms with Gasteiger partial charge < -0.3 is 15.2 Å². The third-order valence-corrected chi connectivity index (χ3v) is 11.2. The molecule has 7 unspecified atom stereocenters. The Hall–Kier alpha value is -1.75. The van der Waals surface area contributed by atoms with Crippen molar-refractivity contribution in [1.82, 2.24) is 10.3 Å². The van der Waals surface area contributed by atoms with Crippen LogP contribution in [-0.4, -0.2) is 41.5 Å². The van der Waals surface area contributed by atoms with Crippen LogP contribution in [0.5, 0.6) is 0 Å². The fourth-order valence-electron chi connectivity index (χ4n) is 9.07. The van der Waals surface area contributed by atoms with Crippen molar-refractivity contribution in [3.63, 3.8) is 0 Å². The normalized spacial score (nSPS) is 37.4. The quantitative estimate of drug-likeness (QED) is 0.429. The zero-order chi connectivity index (χ0) is 26.3. The summed E-state index contributed by atoms with van der Waals surface area (Å²) in [5.41, 5.74) is 3.11. The van der Waals surface area contributed by atoms with Crippen LogP contribution in [-0.2, 0) is 4.74 Å². The van der Waals surface area contributed by atoms with E-state index >= 15 is 0 Å². The van der Waals surface area contributed by atoms with Gasteiger partial charge in [0.15, 0.2) is 0 Å². The number of hydrogen-bond donors (Lipinski definition) is 2. The first kappa shape index (κ1) is 26.5. The van der Waals surface area contributed by atoms with E-state index in [-0.39, 0.29) is 0 Å². The summed E-state index contributed by atoms with van der Waals surface area (Å²) in [6.07, 6.45) is 18.6. The van der Waals surface area contributed by atoms with E-state index < -0.39 is 5.60 Å². The maximum absolute atomic E-state index is 10.4. The molecule has 4 heteroatoms. The molecule has 2 heterocycles. The third-order valence-electron chi connectivity index (χ3n) is 11.2. The molecule has 3 saturated carbocycles. The molecule has 4 fully saturated rings. The lowest BCUT2D eigenvalue weighted by Gasteiger charge is -2.45. The number of aliphatic hydroxyl groups is 1. The van der Waals surface area contributed by atoms with E-state index in [1.807, 2.05) is 31.8 Å². The Kier molecular flexibility index (Phi) is 7.43. The van der Waals surface area contributed by atoms with Gasteiger partial charge in [0, 0.05) is 30.4 Å². The van der Waals surface area contributed by atoms with Gasteiger partial charge in [-0.2, -0.15) is 0 Å². The van der Waals surface area contributed by atoms with Crippen molar-refractivity contribution < 1.29 is 9.84 Å². The minimum absolute atomic E-state index is 0.379. The Bertz CT molecular complexity index is 1160. The van der Waals surface area contributed by atoms with Crippen LogP contribution in [0.2, 0.25) is 0 Å². The van der Waals surface area contributed by atoms with Gasteiger partial charge in [0.25, 0.3) is 0 Å². The minimum atomic E-state index is -0.620. The molecule has 2 aromatic rings. The Balaban J connectivity index is 0.00000129. The molecule has 1 aliphatic heterocycles. The van der Waals surface area contributed by atoms with Crippen LogP contribution in [0.3, 0.4) is 0 Å². The van der Waals surface area contributed by atoms with Gasteiger partial charge in [-0.1, -0.05) is 44.6 Å². The molecule has 4 nitrogen and oxygen atoms in total. The predicted molar refractivity (Wildman–Crippen MR) is 155 cm³/mol. The van der Waals surface area contributed by atoms with Crippen LogP contribution in [0, 0.1) is 29.1 Å². The average molecular weight is 517 g/mol. The van der Waals surface area contributed by atoms with Crippen molar-refractivity contribution in [2.24, 2.45) is 29.1 Å². The molecule has 5 aliphatic rings. The maximum Gasteiger partial charge on any atom is 0.123 e. The molecule has 2 N–H and O–H groups in total. The standard InChI is InChI=1S/C32H42N2O2.C2H6/c1-31-12-10-24-14-22-4-6-27(34-18-32(35)19-36-20-32)16-23(22)5-7-28(24)30(31)9-8-29(31)25-3-2-21-11-13-33-17-26(21)15-25;1-2/h2-3,10-11,13,15,17,22-23,27-30,34-35H,4-9,12,14,16,18-20H2,1H3;1-2H3. The largest absolute Gasteiger partial charge is 0.384 e. The van der Waals surface area contributed by atoms with E-state index in [0.717, 1.165) is 23.7 Å². The van der Waals surface area contributed by atoms with E-state index in [2.05, 4.69) is 47.6 Å². The van der Waals surface area contributed by atoms with Gasteiger partial charge >= 0.3 is 0 Å². The summed E-state index contributed by atoms with van der Waals surface area (Å²) in [5, 5.41) is 16.7. The lowest BCUT2D eigenvalue weighted by molar-refractivity contribution is -0.175. The molecule has 1 aromatic carbocycles. The molecule has 1 saturated heterocycles. The summed E-state index contributed by atoms with van der Waals surface area (Å²) in [6.45, 7) is 8.29. The number of ether oxygens (including phenoxy) is 1. The molecule has 0 amide bonds. The van der Waals surface area contributed by atoms with Crippen molar-refractivity contribution in [2.45, 2.75) is 96.1 Å². The number of hydrogen-bond acceptors (Lipinski definition) is 4. The summed E-state index contributed by atoms with van der Waals surface area (Å²) in [5.74, 6) is 3.98. The fourth-order valence-corrected chi connectivity index (χ4v) is 9.07. The number of nitrogens with one attached hydrogen (secondary N) is 1. The molecule has 7 rings (SSSR count). The lowest BCUT2D eigenvalue weighted by Crippen LogP contribution is -2.58. The zero-order valence-electron chi connectivity index (χ0n) is 23.8. The number of nitrogens with zero attached hydrogens (tertiary/aromatic N) is 1. The Labute approximate surface area is 229 Å². The van der Waals surface area contributed by atoms with E-state index in [1.54, 1.807) is 0 Å². The van der Waals surface area contributed by atoms with Crippen LogP contribution in [0.25, 0.3) is 10.8 Å². The molecule has 0 bridgehead atoms. The van der Waals surface area contributed by atoms with Crippen LogP contribution in [0.4, 0.5) is 0 Å². The number of pyridine rings is 1. The number of aromatic nitrogens is 1. The summed E-state index contributed by atoms with van der Waals surface area (Å²) >= 11 is 0. The molecule has 1 aromatic heterocycles. The SMILES string of the molecule is CC.CC12CC=C3CC4CCC(NCC5(O)COC5)CC4CCC3C1CCC2c1ccc2ccncc2c1. The first-order valence-corrected chi connectivity index (χ1v) is 15.6. The van der Waals surface area contributed by atoms with Crippen molar-refractivity contribution in [3.8, 4) is 0 Å². The highest BCUT2D eigenvalue weighted by atomic mass is 16.5. The highest BCUT2D eigenvalue weighted by Gasteiger charge is 2.53. The summed E-state index contributed by atoms with van der Waals surface area (Å²) in [4.78, 5) is 4.38. The second kappa shape index (κ2) is 10.7. The van der Waals surface area contributed by atoms with Gasteiger partial charge in [0.2, 0.25) is 0 Å². The summed E-state index contributed by atoms with van der Waals surface area (Å²) in [7, 11) is 0. The molecular formula is C34H48N2O2. The first-order valence-electron chi connectivity index (χ1n) is 15.6. The highest BCUT2D eigenvalue weighted by Crippen LogP contribution is 2.63. The molecule has 206 valence electrons. The zero-order valence-corrected chi connectivity index (χ0v) is 23.8. The molecular weight excluding hydrogens is 468 g/mol. The van der Waals surface area contributed by atoms with Crippen molar-refractivity contribution in [3.05, 3.63) is 53.9 Å². The van der Waals surface area contributed by atoms with Crippen LogP contribution in [0.1, 0.15) is 90.0 Å². The first-order chi connectivity index (χ1) is 18.5. The number of allylic oxidation sites excluding steroid dienone is 2. The number of rotatable bonds is 4. The maximum atomic E-state index is 10.4. The van der Waals surface area contributed by atoms with Gasteiger partial charge in [-0.25, -0.2) is 0 Å². The van der Waals surface area contributed by atoms with Crippen molar-refractivity contribution >= 4 is 10.8 Å². The van der Waals surface area contributed by atoms with E-state index in [4.69, 9.17) is 4.74 Å². The minimum Gasteiger partial charge on any atom is -0.384 e. The Morgan fingerprint density at radius 1 is 1.00 bits per heavy atom. The van der Waals surface area contributed by atoms with E-state index in [1.165, 1.54) is 74.1 Å². The lowest BCUT2D eigenvalue weighted by atomic mass is 9.59. The third kappa shape index (κ3) is 4.75. The molecule has 38 heavy (non-hydrogen) atoms. The van der Waals surface area contributed by atoms with E-state index in [0.29, 0.717) is 37.1 Å². The molecule has 4 aliphatic carbocycles. The summed E-state index contributed by atoms with van der Waals surface area (Å²) in [6, 6.07) is 9.84. The van der Waals surface area contributed by atoms with Gasteiger partial charge in [-0.05, 0) is 116 Å². The van der Waals surface area contributed by atoms with Crippen molar-refractivity contribution in [2.75, 3.05) is 19.8 Å². The van der Waals surface area contributed by atoms with Crippen LogP contribution in [0.15, 0.2) is 48.3 Å². The summed E-state index contributed by atoms with van der Waals surface area (Å²) < 4.78 is 5.23. The fraction of sp³-hybridized carbons (Fsp3) is 0.676. The molecule has 0 radical (unpaired) electrons. The monoisotopic (exact) mass is 516 g/mol. The van der Waals surface area contributed by atoms with Crippen LogP contribution >= 0.6 is 0 Å². The predicted octanol–water partition coefficient (Wildman–Crippen LogP) is 7.03. The van der Waals surface area contributed by atoms with Gasteiger partial charge in [0.1, 0.15) is 5.60 Å². The number of benzene rings is 1. The van der Waals surface area contributed by atoms with Gasteiger partial charge in [0.05, 0.1) is 13.2 Å². The molecule has 0 spiro atoms. The van der Waals surface area contributed by atoms with E-state index in [9.17, 15) is 5.11 Å². The highest BCUT2D eigenvalue weighted by molar-refractivity contribution is 5.82. The van der Waals surface area contributed by atoms with Gasteiger partial charge in [-0.15, -0.1) is 0 Å². The second-order valence-electron chi connectivity index (χ2n) is 13.2. The van der Waals surface area contributed by atoms with Crippen LogP contribution < -0.4 is 5.32 Å². The smallest absolute Gasteiger partial charge is 0.123 e. The van der Waals surface area contributed by atoms with Gasteiger partial charge in [-0.3, -0.25) is 4.98 Å². The molecule has 7 atom stereocenters. The Morgan fingerprint density at radius 3 is 2.66 bits per heavy atom. The number of fused-ring (bicyclic) bond motifs is 5. The van der Waals surface area contributed by atoms with Crippen molar-refractivity contribution in [1.29, 1.82) is 0 Å². The Morgan fingerprint density at radius 2 is 1.84 bits per heavy atom. The average Bonchev–Trinajstić information content (AvgIpc) is 3.18. The second-order valence-corrected chi connectivity index (χ2v) is 13.2. The topological polar surface area (TPSA) is 54.4 Å².